The molecule has 0 aliphatic carbocycles. The standard InChI is InChI=1S/C13H16FN5O/c1-15-12-16-11(17-13(18-12)19(2)3)9-7-8(14)5-6-10(9)20-4/h5-7H,1-4H3,(H,15,16,17,18). The third-order valence-electron chi connectivity index (χ3n) is 2.65. The normalized spacial score (nSPS) is 10.2. The van der Waals surface area contributed by atoms with E-state index in [1.807, 2.05) is 14.1 Å². The molecular formula is C13H16FN5O. The van der Waals surface area contributed by atoms with E-state index in [2.05, 4.69) is 20.3 Å². The predicted octanol–water partition coefficient (Wildman–Crippen LogP) is 1.79. The summed E-state index contributed by atoms with van der Waals surface area (Å²) in [6, 6.07) is 4.21. The van der Waals surface area contributed by atoms with E-state index < -0.39 is 0 Å². The molecule has 2 aromatic rings. The van der Waals surface area contributed by atoms with Gasteiger partial charge in [-0.2, -0.15) is 15.0 Å². The van der Waals surface area contributed by atoms with Crippen LogP contribution in [0.2, 0.25) is 0 Å². The van der Waals surface area contributed by atoms with Crippen LogP contribution in [0.3, 0.4) is 0 Å². The summed E-state index contributed by atoms with van der Waals surface area (Å²) in [7, 11) is 6.87. The maximum atomic E-state index is 13.5. The predicted molar refractivity (Wildman–Crippen MR) is 75.6 cm³/mol. The lowest BCUT2D eigenvalue weighted by Gasteiger charge is -2.13. The second-order valence-corrected chi connectivity index (χ2v) is 4.27. The number of methoxy groups -OCH3 is 1. The van der Waals surface area contributed by atoms with Gasteiger partial charge >= 0.3 is 0 Å². The van der Waals surface area contributed by atoms with E-state index in [9.17, 15) is 4.39 Å². The van der Waals surface area contributed by atoms with Gasteiger partial charge in [0, 0.05) is 21.1 Å². The Morgan fingerprint density at radius 3 is 2.55 bits per heavy atom. The zero-order chi connectivity index (χ0) is 14.7. The molecule has 1 heterocycles. The number of rotatable bonds is 4. The average Bonchev–Trinajstić information content (AvgIpc) is 2.46. The number of anilines is 2. The molecule has 6 nitrogen and oxygen atoms in total. The lowest BCUT2D eigenvalue weighted by atomic mass is 10.2. The van der Waals surface area contributed by atoms with Crippen LogP contribution in [0.15, 0.2) is 18.2 Å². The topological polar surface area (TPSA) is 63.2 Å². The first-order valence-corrected chi connectivity index (χ1v) is 6.00. The van der Waals surface area contributed by atoms with Gasteiger partial charge in [0.15, 0.2) is 5.82 Å². The fraction of sp³-hybridized carbons (Fsp3) is 0.308. The SMILES string of the molecule is CNc1nc(-c2cc(F)ccc2OC)nc(N(C)C)n1. The van der Waals surface area contributed by atoms with Crippen LogP contribution in [0.5, 0.6) is 5.75 Å². The van der Waals surface area contributed by atoms with Crippen molar-refractivity contribution >= 4 is 11.9 Å². The van der Waals surface area contributed by atoms with Crippen molar-refractivity contribution < 1.29 is 9.13 Å². The molecule has 0 radical (unpaired) electrons. The summed E-state index contributed by atoms with van der Waals surface area (Å²) in [5.74, 6) is 1.36. The minimum atomic E-state index is -0.376. The molecule has 1 N–H and O–H groups in total. The number of hydrogen-bond donors (Lipinski definition) is 1. The second-order valence-electron chi connectivity index (χ2n) is 4.27. The molecule has 2 rings (SSSR count). The summed E-state index contributed by atoms with van der Waals surface area (Å²) in [5.41, 5.74) is 0.481. The van der Waals surface area contributed by atoms with Gasteiger partial charge in [-0.25, -0.2) is 4.39 Å². The van der Waals surface area contributed by atoms with Gasteiger partial charge in [-0.1, -0.05) is 0 Å². The zero-order valence-corrected chi connectivity index (χ0v) is 11.8. The average molecular weight is 277 g/mol. The third-order valence-corrected chi connectivity index (χ3v) is 2.65. The first kappa shape index (κ1) is 14.0. The highest BCUT2D eigenvalue weighted by molar-refractivity contribution is 5.66. The highest BCUT2D eigenvalue weighted by Gasteiger charge is 2.14. The monoisotopic (exact) mass is 277 g/mol. The molecule has 0 fully saturated rings. The number of ether oxygens (including phenoxy) is 1. The summed E-state index contributed by atoms with van der Waals surface area (Å²) in [4.78, 5) is 14.5. The molecule has 0 atom stereocenters. The Kier molecular flexibility index (Phi) is 3.97. The number of nitrogens with zero attached hydrogens (tertiary/aromatic N) is 4. The third kappa shape index (κ3) is 2.76. The fourth-order valence-corrected chi connectivity index (χ4v) is 1.65. The van der Waals surface area contributed by atoms with E-state index in [1.54, 1.807) is 18.0 Å². The number of hydrogen-bond acceptors (Lipinski definition) is 6. The van der Waals surface area contributed by atoms with Crippen LogP contribution in [-0.2, 0) is 0 Å². The van der Waals surface area contributed by atoms with Crippen LogP contribution < -0.4 is 15.0 Å². The Bertz CT molecular complexity index is 618. The van der Waals surface area contributed by atoms with Gasteiger partial charge in [0.25, 0.3) is 0 Å². The summed E-state index contributed by atoms with van der Waals surface area (Å²) in [6.45, 7) is 0. The van der Waals surface area contributed by atoms with Crippen molar-refractivity contribution in [1.29, 1.82) is 0 Å². The Morgan fingerprint density at radius 2 is 1.95 bits per heavy atom. The molecule has 1 aromatic carbocycles. The molecule has 0 aliphatic rings. The molecule has 0 amide bonds. The van der Waals surface area contributed by atoms with Crippen molar-refractivity contribution in [2.75, 3.05) is 38.5 Å². The van der Waals surface area contributed by atoms with E-state index in [-0.39, 0.29) is 5.82 Å². The molecule has 1 aromatic heterocycles. The Hall–Kier alpha value is -2.44. The minimum absolute atomic E-state index is 0.351. The van der Waals surface area contributed by atoms with Crippen molar-refractivity contribution in [3.05, 3.63) is 24.0 Å². The smallest absolute Gasteiger partial charge is 0.230 e. The molecule has 0 saturated heterocycles. The number of halogens is 1. The molecule has 0 spiro atoms. The number of aromatic nitrogens is 3. The fourth-order valence-electron chi connectivity index (χ4n) is 1.65. The summed E-state index contributed by atoms with van der Waals surface area (Å²) >= 11 is 0. The van der Waals surface area contributed by atoms with E-state index in [0.29, 0.717) is 29.0 Å². The summed E-state index contributed by atoms with van der Waals surface area (Å²) < 4.78 is 18.7. The van der Waals surface area contributed by atoms with Crippen LogP contribution in [0, 0.1) is 5.82 Å². The maximum absolute atomic E-state index is 13.5. The van der Waals surface area contributed by atoms with Gasteiger partial charge in [0.05, 0.1) is 12.7 Å². The van der Waals surface area contributed by atoms with Crippen LogP contribution >= 0.6 is 0 Å². The van der Waals surface area contributed by atoms with Gasteiger partial charge in [-0.05, 0) is 18.2 Å². The van der Waals surface area contributed by atoms with Crippen molar-refractivity contribution in [1.82, 2.24) is 15.0 Å². The molecule has 20 heavy (non-hydrogen) atoms. The molecule has 7 heteroatoms. The van der Waals surface area contributed by atoms with Crippen LogP contribution in [-0.4, -0.2) is 43.2 Å². The Morgan fingerprint density at radius 1 is 1.20 bits per heavy atom. The largest absolute Gasteiger partial charge is 0.496 e. The van der Waals surface area contributed by atoms with Gasteiger partial charge < -0.3 is 15.0 Å². The number of nitrogens with one attached hydrogen (secondary N) is 1. The Balaban J connectivity index is 2.62. The van der Waals surface area contributed by atoms with Crippen molar-refractivity contribution in [2.24, 2.45) is 0 Å². The van der Waals surface area contributed by atoms with Gasteiger partial charge in [-0.3, -0.25) is 0 Å². The molecule has 106 valence electrons. The first-order valence-electron chi connectivity index (χ1n) is 6.00. The lowest BCUT2D eigenvalue weighted by molar-refractivity contribution is 0.415. The number of benzene rings is 1. The quantitative estimate of drug-likeness (QED) is 0.919. The van der Waals surface area contributed by atoms with E-state index in [0.717, 1.165) is 0 Å². The van der Waals surface area contributed by atoms with Gasteiger partial charge in [0.1, 0.15) is 11.6 Å². The highest BCUT2D eigenvalue weighted by atomic mass is 19.1. The molecule has 0 unspecified atom stereocenters. The van der Waals surface area contributed by atoms with Gasteiger partial charge in [-0.15, -0.1) is 0 Å². The molecule has 0 saturated carbocycles. The summed E-state index contributed by atoms with van der Waals surface area (Å²) in [6.07, 6.45) is 0. The molecule has 0 bridgehead atoms. The highest BCUT2D eigenvalue weighted by Crippen LogP contribution is 2.29. The zero-order valence-electron chi connectivity index (χ0n) is 11.8. The van der Waals surface area contributed by atoms with Crippen LogP contribution in [0.25, 0.3) is 11.4 Å². The lowest BCUT2D eigenvalue weighted by Crippen LogP contribution is -2.15. The van der Waals surface area contributed by atoms with E-state index >= 15 is 0 Å². The van der Waals surface area contributed by atoms with Crippen molar-refractivity contribution in [3.63, 3.8) is 0 Å². The maximum Gasteiger partial charge on any atom is 0.230 e. The van der Waals surface area contributed by atoms with Crippen molar-refractivity contribution in [2.45, 2.75) is 0 Å². The van der Waals surface area contributed by atoms with Crippen LogP contribution in [0.1, 0.15) is 0 Å². The second kappa shape index (κ2) is 5.68. The first-order chi connectivity index (χ1) is 9.55. The molecular weight excluding hydrogens is 261 g/mol. The minimum Gasteiger partial charge on any atom is -0.496 e. The van der Waals surface area contributed by atoms with Crippen molar-refractivity contribution in [3.8, 4) is 17.1 Å². The summed E-state index contributed by atoms with van der Waals surface area (Å²) in [5, 5.41) is 2.86. The Labute approximate surface area is 116 Å². The van der Waals surface area contributed by atoms with Crippen LogP contribution in [0.4, 0.5) is 16.3 Å². The van der Waals surface area contributed by atoms with E-state index in [4.69, 9.17) is 4.74 Å². The molecule has 0 aliphatic heterocycles. The van der Waals surface area contributed by atoms with E-state index in [1.165, 1.54) is 19.2 Å². The van der Waals surface area contributed by atoms with Gasteiger partial charge in [0.2, 0.25) is 11.9 Å².